The summed E-state index contributed by atoms with van der Waals surface area (Å²) in [5.41, 5.74) is 2.09. The van der Waals surface area contributed by atoms with Crippen LogP contribution >= 0.6 is 0 Å². The Morgan fingerprint density at radius 2 is 2.08 bits per heavy atom. The molecule has 1 aliphatic heterocycles. The summed E-state index contributed by atoms with van der Waals surface area (Å²) >= 11 is 0. The van der Waals surface area contributed by atoms with Gasteiger partial charge in [-0.05, 0) is 62.8 Å². The van der Waals surface area contributed by atoms with Crippen molar-refractivity contribution in [3.05, 3.63) is 35.9 Å². The number of benzene rings is 1. The summed E-state index contributed by atoms with van der Waals surface area (Å²) in [4.78, 5) is 11.9. The zero-order valence-electron chi connectivity index (χ0n) is 14.1. The van der Waals surface area contributed by atoms with Crippen LogP contribution in [0.3, 0.4) is 0 Å². The number of hydrogen-bond donors (Lipinski definition) is 2. The van der Waals surface area contributed by atoms with Gasteiger partial charge in [0.05, 0.1) is 6.10 Å². The quantitative estimate of drug-likeness (QED) is 0.779. The number of nitrogens with one attached hydrogen (secondary N) is 2. The lowest BCUT2D eigenvalue weighted by Crippen LogP contribution is -2.30. The molecule has 1 atom stereocenters. The predicted molar refractivity (Wildman–Crippen MR) is 94.5 cm³/mol. The van der Waals surface area contributed by atoms with E-state index in [9.17, 15) is 4.79 Å². The van der Waals surface area contributed by atoms with E-state index in [1.54, 1.807) is 0 Å². The molecule has 1 heterocycles. The van der Waals surface area contributed by atoms with E-state index < -0.39 is 0 Å². The van der Waals surface area contributed by atoms with Gasteiger partial charge in [-0.15, -0.1) is 0 Å². The summed E-state index contributed by atoms with van der Waals surface area (Å²) in [7, 11) is 0. The zero-order valence-corrected chi connectivity index (χ0v) is 14.1. The highest BCUT2D eigenvalue weighted by Gasteiger charge is 2.15. The number of rotatable bonds is 6. The van der Waals surface area contributed by atoms with Gasteiger partial charge in [-0.25, -0.2) is 4.79 Å². The Hall–Kier alpha value is -2.01. The van der Waals surface area contributed by atoms with Crippen LogP contribution in [0.2, 0.25) is 0 Å². The fraction of sp³-hybridized carbons (Fsp3) is 0.526. The monoisotopic (exact) mass is 330 g/mol. The van der Waals surface area contributed by atoms with Crippen molar-refractivity contribution in [2.75, 3.05) is 25.1 Å². The maximum Gasteiger partial charge on any atom is 0.319 e. The molecule has 1 aromatic carbocycles. The Labute approximate surface area is 143 Å². The molecule has 1 aromatic rings. The molecule has 1 fully saturated rings. The van der Waals surface area contributed by atoms with Crippen LogP contribution in [0, 0.1) is 0 Å². The van der Waals surface area contributed by atoms with Gasteiger partial charge < -0.3 is 20.1 Å². The van der Waals surface area contributed by atoms with Crippen molar-refractivity contribution in [2.24, 2.45) is 0 Å². The van der Waals surface area contributed by atoms with Crippen molar-refractivity contribution in [2.45, 2.75) is 44.6 Å². The Balaban J connectivity index is 1.39. The Morgan fingerprint density at radius 1 is 1.21 bits per heavy atom. The average Bonchev–Trinajstić information content (AvgIpc) is 3.14. The van der Waals surface area contributed by atoms with Gasteiger partial charge in [0.25, 0.3) is 0 Å². The molecule has 1 aliphatic carbocycles. The molecule has 2 N–H and O–H groups in total. The van der Waals surface area contributed by atoms with Gasteiger partial charge in [-0.1, -0.05) is 11.6 Å². The highest BCUT2D eigenvalue weighted by molar-refractivity contribution is 5.89. The first-order valence-corrected chi connectivity index (χ1v) is 8.87. The molecule has 2 amide bonds. The minimum Gasteiger partial charge on any atom is -0.491 e. The molecule has 2 aliphatic rings. The molecule has 0 radical (unpaired) electrons. The van der Waals surface area contributed by atoms with E-state index >= 15 is 0 Å². The summed E-state index contributed by atoms with van der Waals surface area (Å²) in [6, 6.07) is 7.27. The molecule has 3 rings (SSSR count). The van der Waals surface area contributed by atoms with Crippen LogP contribution in [-0.2, 0) is 4.74 Å². The van der Waals surface area contributed by atoms with Crippen LogP contribution in [0.25, 0.3) is 0 Å². The number of carbonyl (C=O) groups is 1. The molecule has 24 heavy (non-hydrogen) atoms. The van der Waals surface area contributed by atoms with Crippen LogP contribution < -0.4 is 15.4 Å². The van der Waals surface area contributed by atoms with Gasteiger partial charge in [0.15, 0.2) is 0 Å². The van der Waals surface area contributed by atoms with Gasteiger partial charge >= 0.3 is 6.03 Å². The fourth-order valence-corrected chi connectivity index (χ4v) is 3.03. The maximum atomic E-state index is 11.9. The molecule has 5 nitrogen and oxygen atoms in total. The van der Waals surface area contributed by atoms with E-state index in [1.165, 1.54) is 18.4 Å². The van der Waals surface area contributed by atoms with E-state index in [4.69, 9.17) is 9.47 Å². The van der Waals surface area contributed by atoms with E-state index in [0.29, 0.717) is 13.2 Å². The second-order valence-corrected chi connectivity index (χ2v) is 6.39. The third-order valence-corrected chi connectivity index (χ3v) is 4.43. The van der Waals surface area contributed by atoms with Crippen LogP contribution in [0.1, 0.15) is 38.5 Å². The lowest BCUT2D eigenvalue weighted by atomic mass is 10.00. The molecule has 5 heteroatoms. The third-order valence-electron chi connectivity index (χ3n) is 4.43. The number of ether oxygens (including phenoxy) is 2. The average molecular weight is 330 g/mol. The van der Waals surface area contributed by atoms with Crippen molar-refractivity contribution >= 4 is 11.7 Å². The second kappa shape index (κ2) is 8.73. The standard InChI is InChI=1S/C19H26N2O3/c22-19(20-13-15-5-2-1-3-6-15)21-16-8-10-17(11-9-16)24-14-18-7-4-12-23-18/h5,8-11,18H,1-4,6-7,12-14H2,(H2,20,21,22). The molecule has 1 unspecified atom stereocenters. The molecule has 0 spiro atoms. The van der Waals surface area contributed by atoms with Gasteiger partial charge in [0, 0.05) is 18.8 Å². The number of anilines is 1. The lowest BCUT2D eigenvalue weighted by Gasteiger charge is -2.14. The summed E-state index contributed by atoms with van der Waals surface area (Å²) in [6.07, 6.45) is 9.34. The summed E-state index contributed by atoms with van der Waals surface area (Å²) in [6.45, 7) is 2.06. The number of hydrogen-bond acceptors (Lipinski definition) is 3. The van der Waals surface area contributed by atoms with Crippen molar-refractivity contribution in [1.29, 1.82) is 0 Å². The van der Waals surface area contributed by atoms with Crippen LogP contribution in [0.4, 0.5) is 10.5 Å². The van der Waals surface area contributed by atoms with E-state index in [1.807, 2.05) is 24.3 Å². The number of urea groups is 1. The number of amides is 2. The summed E-state index contributed by atoms with van der Waals surface area (Å²) in [5, 5.41) is 5.76. The molecule has 0 aromatic heterocycles. The van der Waals surface area contributed by atoms with Crippen LogP contribution in [0.5, 0.6) is 5.75 Å². The summed E-state index contributed by atoms with van der Waals surface area (Å²) < 4.78 is 11.2. The third kappa shape index (κ3) is 5.27. The number of allylic oxidation sites excluding steroid dienone is 1. The molecule has 0 saturated carbocycles. The highest BCUT2D eigenvalue weighted by Crippen LogP contribution is 2.19. The van der Waals surface area contributed by atoms with E-state index in [2.05, 4.69) is 16.7 Å². The molecule has 130 valence electrons. The molecular weight excluding hydrogens is 304 g/mol. The predicted octanol–water partition coefficient (Wildman–Crippen LogP) is 3.87. The van der Waals surface area contributed by atoms with Crippen molar-refractivity contribution in [3.8, 4) is 5.75 Å². The molecular formula is C19H26N2O3. The Bertz CT molecular complexity index is 562. The summed E-state index contributed by atoms with van der Waals surface area (Å²) in [5.74, 6) is 0.795. The number of carbonyl (C=O) groups excluding carboxylic acids is 1. The van der Waals surface area contributed by atoms with Crippen molar-refractivity contribution in [3.63, 3.8) is 0 Å². The minimum atomic E-state index is -0.172. The second-order valence-electron chi connectivity index (χ2n) is 6.39. The lowest BCUT2D eigenvalue weighted by molar-refractivity contribution is 0.0679. The minimum absolute atomic E-state index is 0.172. The smallest absolute Gasteiger partial charge is 0.319 e. The Kier molecular flexibility index (Phi) is 6.13. The SMILES string of the molecule is O=C(NCC1=CCCCC1)Nc1ccc(OCC2CCCO2)cc1. The first-order chi connectivity index (χ1) is 11.8. The largest absolute Gasteiger partial charge is 0.491 e. The van der Waals surface area contributed by atoms with E-state index in [-0.39, 0.29) is 12.1 Å². The topological polar surface area (TPSA) is 59.6 Å². The Morgan fingerprint density at radius 3 is 2.79 bits per heavy atom. The van der Waals surface area contributed by atoms with Gasteiger partial charge in [-0.3, -0.25) is 0 Å². The molecule has 0 bridgehead atoms. The van der Waals surface area contributed by atoms with Gasteiger partial charge in [0.1, 0.15) is 12.4 Å². The van der Waals surface area contributed by atoms with Crippen LogP contribution in [0.15, 0.2) is 35.9 Å². The molecule has 1 saturated heterocycles. The van der Waals surface area contributed by atoms with Gasteiger partial charge in [0.2, 0.25) is 0 Å². The first-order valence-electron chi connectivity index (χ1n) is 8.87. The van der Waals surface area contributed by atoms with Crippen molar-refractivity contribution < 1.29 is 14.3 Å². The first kappa shape index (κ1) is 16.8. The van der Waals surface area contributed by atoms with Crippen molar-refractivity contribution in [1.82, 2.24) is 5.32 Å². The normalized spacial score (nSPS) is 20.3. The fourth-order valence-electron chi connectivity index (χ4n) is 3.03. The zero-order chi connectivity index (χ0) is 16.6. The highest BCUT2D eigenvalue weighted by atomic mass is 16.5. The maximum absolute atomic E-state index is 11.9. The van der Waals surface area contributed by atoms with Crippen LogP contribution in [-0.4, -0.2) is 31.9 Å². The van der Waals surface area contributed by atoms with E-state index in [0.717, 1.165) is 43.7 Å². The van der Waals surface area contributed by atoms with Gasteiger partial charge in [-0.2, -0.15) is 0 Å².